The third-order valence-corrected chi connectivity index (χ3v) is 4.29. The van der Waals surface area contributed by atoms with E-state index in [0.717, 1.165) is 19.3 Å². The maximum atomic E-state index is 12.3. The monoisotopic (exact) mass is 327 g/mol. The van der Waals surface area contributed by atoms with Crippen LogP contribution in [0.25, 0.3) is 0 Å². The number of rotatable bonds is 6. The Kier molecular flexibility index (Phi) is 4.74. The third-order valence-electron chi connectivity index (χ3n) is 4.29. The van der Waals surface area contributed by atoms with E-state index in [0.29, 0.717) is 17.3 Å². The van der Waals surface area contributed by atoms with Gasteiger partial charge in [0.05, 0.1) is 0 Å². The first-order valence-corrected chi connectivity index (χ1v) is 8.27. The van der Waals surface area contributed by atoms with E-state index in [1.165, 1.54) is 11.1 Å². The molecule has 1 heterocycles. The Hall–Kier alpha value is -2.50. The minimum Gasteiger partial charge on any atom is -0.345 e. The molecule has 1 aliphatic rings. The van der Waals surface area contributed by atoms with Gasteiger partial charge in [-0.05, 0) is 50.3 Å². The quantitative estimate of drug-likeness (QED) is 0.825. The van der Waals surface area contributed by atoms with Crippen LogP contribution in [0.3, 0.4) is 0 Å². The number of ketones is 1. The molecule has 1 aromatic heterocycles. The summed E-state index contributed by atoms with van der Waals surface area (Å²) in [6, 6.07) is 5.52. The Labute approximate surface area is 140 Å². The number of carbonyl (C=O) groups excluding carboxylic acids is 2. The molecule has 6 nitrogen and oxygen atoms in total. The van der Waals surface area contributed by atoms with Crippen LogP contribution in [0.4, 0.5) is 0 Å². The molecule has 1 aliphatic carbocycles. The third kappa shape index (κ3) is 3.69. The molecule has 0 fully saturated rings. The summed E-state index contributed by atoms with van der Waals surface area (Å²) in [5.41, 5.74) is 3.31. The van der Waals surface area contributed by atoms with E-state index in [2.05, 4.69) is 15.5 Å². The lowest BCUT2D eigenvalue weighted by atomic mass is 10.0. The summed E-state index contributed by atoms with van der Waals surface area (Å²) in [6.45, 7) is 3.49. The summed E-state index contributed by atoms with van der Waals surface area (Å²) < 4.78 is 5.02. The van der Waals surface area contributed by atoms with E-state index in [1.807, 2.05) is 18.2 Å². The number of Topliss-reactive ketones (excluding diaryl/α,β-unsaturated/α-hetero) is 1. The molecule has 0 radical (unpaired) electrons. The molecule has 24 heavy (non-hydrogen) atoms. The number of amides is 1. The Balaban J connectivity index is 1.51. The van der Waals surface area contributed by atoms with Crippen LogP contribution >= 0.6 is 0 Å². The standard InChI is InChI=1S/C18H21N3O3/c1-11(18-20-12(2)21-24-18)19-17(23)9-8-16(22)15-7-6-13-4-3-5-14(13)10-15/h6-7,10-11H,3-5,8-9H2,1-2H3,(H,19,23). The summed E-state index contributed by atoms with van der Waals surface area (Å²) in [4.78, 5) is 28.4. The first-order valence-electron chi connectivity index (χ1n) is 8.27. The molecule has 0 saturated heterocycles. The summed E-state index contributed by atoms with van der Waals surface area (Å²) in [5, 5.41) is 6.47. The van der Waals surface area contributed by atoms with E-state index >= 15 is 0 Å². The van der Waals surface area contributed by atoms with Gasteiger partial charge >= 0.3 is 0 Å². The highest BCUT2D eigenvalue weighted by Gasteiger charge is 2.18. The maximum absolute atomic E-state index is 12.3. The number of nitrogens with one attached hydrogen (secondary N) is 1. The number of nitrogens with zero attached hydrogens (tertiary/aromatic N) is 2. The molecule has 126 valence electrons. The van der Waals surface area contributed by atoms with Crippen LogP contribution in [0.2, 0.25) is 0 Å². The molecule has 6 heteroatoms. The topological polar surface area (TPSA) is 85.1 Å². The zero-order chi connectivity index (χ0) is 17.1. The van der Waals surface area contributed by atoms with E-state index in [-0.39, 0.29) is 30.6 Å². The zero-order valence-electron chi connectivity index (χ0n) is 14.0. The fraction of sp³-hybridized carbons (Fsp3) is 0.444. The Morgan fingerprint density at radius 2 is 2.04 bits per heavy atom. The van der Waals surface area contributed by atoms with Gasteiger partial charge in [0.1, 0.15) is 6.04 Å². The maximum Gasteiger partial charge on any atom is 0.248 e. The average molecular weight is 327 g/mol. The molecule has 1 unspecified atom stereocenters. The summed E-state index contributed by atoms with van der Waals surface area (Å²) in [5.74, 6) is 0.692. The lowest BCUT2D eigenvalue weighted by molar-refractivity contribution is -0.121. The van der Waals surface area contributed by atoms with Crippen molar-refractivity contribution in [1.29, 1.82) is 0 Å². The van der Waals surface area contributed by atoms with Gasteiger partial charge in [-0.25, -0.2) is 0 Å². The van der Waals surface area contributed by atoms with Crippen LogP contribution in [-0.2, 0) is 17.6 Å². The van der Waals surface area contributed by atoms with Gasteiger partial charge in [-0.2, -0.15) is 4.98 Å². The van der Waals surface area contributed by atoms with Crippen molar-refractivity contribution < 1.29 is 14.1 Å². The van der Waals surface area contributed by atoms with Gasteiger partial charge in [0, 0.05) is 18.4 Å². The number of aromatic nitrogens is 2. The van der Waals surface area contributed by atoms with Gasteiger partial charge in [-0.1, -0.05) is 17.3 Å². The molecule has 0 aliphatic heterocycles. The Morgan fingerprint density at radius 3 is 2.79 bits per heavy atom. The molecular weight excluding hydrogens is 306 g/mol. The number of benzene rings is 1. The minimum absolute atomic E-state index is 0.00105. The van der Waals surface area contributed by atoms with E-state index in [9.17, 15) is 9.59 Å². The number of aryl methyl sites for hydroxylation is 3. The van der Waals surface area contributed by atoms with Crippen LogP contribution in [0.15, 0.2) is 22.7 Å². The zero-order valence-corrected chi connectivity index (χ0v) is 14.0. The van der Waals surface area contributed by atoms with Crippen molar-refractivity contribution in [3.05, 3.63) is 46.6 Å². The molecule has 0 spiro atoms. The van der Waals surface area contributed by atoms with Gasteiger partial charge in [0.2, 0.25) is 11.8 Å². The van der Waals surface area contributed by atoms with Crippen molar-refractivity contribution in [2.75, 3.05) is 0 Å². The van der Waals surface area contributed by atoms with E-state index in [1.54, 1.807) is 13.8 Å². The molecule has 1 atom stereocenters. The fourth-order valence-corrected chi connectivity index (χ4v) is 2.98. The molecular formula is C18H21N3O3. The largest absolute Gasteiger partial charge is 0.345 e. The normalized spacial score (nSPS) is 14.2. The highest BCUT2D eigenvalue weighted by molar-refractivity contribution is 5.98. The van der Waals surface area contributed by atoms with Crippen molar-refractivity contribution in [3.63, 3.8) is 0 Å². The van der Waals surface area contributed by atoms with Crippen molar-refractivity contribution in [2.24, 2.45) is 0 Å². The molecule has 1 amide bonds. The number of fused-ring (bicyclic) bond motifs is 1. The second kappa shape index (κ2) is 6.95. The lowest BCUT2D eigenvalue weighted by Crippen LogP contribution is -2.27. The average Bonchev–Trinajstić information content (AvgIpc) is 3.20. The predicted molar refractivity (Wildman–Crippen MR) is 87.6 cm³/mol. The van der Waals surface area contributed by atoms with Crippen LogP contribution in [0.5, 0.6) is 0 Å². The number of hydrogen-bond acceptors (Lipinski definition) is 5. The van der Waals surface area contributed by atoms with Gasteiger partial charge in [-0.3, -0.25) is 9.59 Å². The second-order valence-electron chi connectivity index (χ2n) is 6.23. The van der Waals surface area contributed by atoms with Gasteiger partial charge < -0.3 is 9.84 Å². The van der Waals surface area contributed by atoms with Gasteiger partial charge in [-0.15, -0.1) is 0 Å². The molecule has 1 aromatic carbocycles. The van der Waals surface area contributed by atoms with E-state index < -0.39 is 0 Å². The van der Waals surface area contributed by atoms with Crippen LogP contribution in [0, 0.1) is 6.92 Å². The lowest BCUT2D eigenvalue weighted by Gasteiger charge is -2.09. The molecule has 1 N–H and O–H groups in total. The highest BCUT2D eigenvalue weighted by Crippen LogP contribution is 2.23. The van der Waals surface area contributed by atoms with Crippen LogP contribution < -0.4 is 5.32 Å². The van der Waals surface area contributed by atoms with Gasteiger partial charge in [0.15, 0.2) is 11.6 Å². The number of carbonyl (C=O) groups is 2. The fourth-order valence-electron chi connectivity index (χ4n) is 2.98. The predicted octanol–water partition coefficient (Wildman–Crippen LogP) is 2.71. The van der Waals surface area contributed by atoms with E-state index in [4.69, 9.17) is 4.52 Å². The molecule has 0 saturated carbocycles. The minimum atomic E-state index is -0.367. The number of hydrogen-bond donors (Lipinski definition) is 1. The second-order valence-corrected chi connectivity index (χ2v) is 6.23. The molecule has 3 rings (SSSR count). The summed E-state index contributed by atoms with van der Waals surface area (Å²) in [6.07, 6.45) is 3.63. The summed E-state index contributed by atoms with van der Waals surface area (Å²) in [7, 11) is 0. The smallest absolute Gasteiger partial charge is 0.248 e. The van der Waals surface area contributed by atoms with Crippen LogP contribution in [-0.4, -0.2) is 21.8 Å². The molecule has 2 aromatic rings. The van der Waals surface area contributed by atoms with Crippen molar-refractivity contribution in [1.82, 2.24) is 15.5 Å². The summed E-state index contributed by atoms with van der Waals surface area (Å²) >= 11 is 0. The van der Waals surface area contributed by atoms with Crippen LogP contribution in [0.1, 0.15) is 65.4 Å². The SMILES string of the molecule is Cc1noc(C(C)NC(=O)CCC(=O)c2ccc3c(c2)CCC3)n1. The van der Waals surface area contributed by atoms with Crippen molar-refractivity contribution >= 4 is 11.7 Å². The first-order chi connectivity index (χ1) is 11.5. The highest BCUT2D eigenvalue weighted by atomic mass is 16.5. The first kappa shape index (κ1) is 16.4. The van der Waals surface area contributed by atoms with Crippen molar-refractivity contribution in [3.8, 4) is 0 Å². The Bertz CT molecular complexity index is 767. The van der Waals surface area contributed by atoms with Crippen molar-refractivity contribution in [2.45, 2.75) is 52.0 Å². The van der Waals surface area contributed by atoms with Gasteiger partial charge in [0.25, 0.3) is 0 Å². The Morgan fingerprint density at radius 1 is 1.25 bits per heavy atom. The molecule has 0 bridgehead atoms.